The monoisotopic (exact) mass is 365 g/mol. The van der Waals surface area contributed by atoms with Crippen LogP contribution in [0.25, 0.3) is 0 Å². The number of rotatable bonds is 2. The molecule has 2 heterocycles. The smallest absolute Gasteiger partial charge is 0.410 e. The van der Waals surface area contributed by atoms with Crippen molar-refractivity contribution in [3.8, 4) is 0 Å². The minimum atomic E-state index is -0.704. The summed E-state index contributed by atoms with van der Waals surface area (Å²) in [5, 5.41) is 0. The number of halogens is 1. The van der Waals surface area contributed by atoms with Gasteiger partial charge >= 0.3 is 12.1 Å². The van der Waals surface area contributed by atoms with E-state index in [-0.39, 0.29) is 23.9 Å². The topological polar surface area (TPSA) is 72.0 Å². The zero-order valence-corrected chi connectivity index (χ0v) is 15.5. The summed E-state index contributed by atoms with van der Waals surface area (Å²) < 4.78 is 24.5. The number of esters is 1. The molecule has 2 fully saturated rings. The standard InChI is InChI=1S/C18H24FN3O4/c1-18(2,3)26-17(24)22-10-9-21(12-7-8-13(12)22)14-6-5-11(16(23)25-4)20-15(14)19/h5-6,12-13H,7-10H2,1-4H3/t12-,13+/m0/s1. The fourth-order valence-electron chi connectivity index (χ4n) is 3.44. The van der Waals surface area contributed by atoms with Gasteiger partial charge in [0.05, 0.1) is 18.8 Å². The highest BCUT2D eigenvalue weighted by Crippen LogP contribution is 2.37. The van der Waals surface area contributed by atoms with Gasteiger partial charge < -0.3 is 19.3 Å². The summed E-state index contributed by atoms with van der Waals surface area (Å²) >= 11 is 0. The van der Waals surface area contributed by atoms with Gasteiger partial charge in [0, 0.05) is 19.1 Å². The number of pyridine rings is 1. The molecule has 7 nitrogen and oxygen atoms in total. The van der Waals surface area contributed by atoms with Crippen LogP contribution < -0.4 is 4.90 Å². The van der Waals surface area contributed by atoms with Crippen LogP contribution in [0.1, 0.15) is 44.1 Å². The van der Waals surface area contributed by atoms with Gasteiger partial charge in [-0.25, -0.2) is 14.6 Å². The van der Waals surface area contributed by atoms with Crippen molar-refractivity contribution in [1.29, 1.82) is 0 Å². The van der Waals surface area contributed by atoms with Crippen molar-refractivity contribution in [3.05, 3.63) is 23.8 Å². The minimum Gasteiger partial charge on any atom is -0.464 e. The Morgan fingerprint density at radius 2 is 1.88 bits per heavy atom. The minimum absolute atomic E-state index is 0.00159. The molecule has 8 heteroatoms. The third kappa shape index (κ3) is 3.45. The highest BCUT2D eigenvalue weighted by molar-refractivity contribution is 5.87. The number of ether oxygens (including phenoxy) is 2. The Hall–Kier alpha value is -2.38. The molecule has 0 N–H and O–H groups in total. The molecule has 0 aromatic carbocycles. The molecule has 26 heavy (non-hydrogen) atoms. The fourth-order valence-corrected chi connectivity index (χ4v) is 3.44. The van der Waals surface area contributed by atoms with Crippen molar-refractivity contribution in [3.63, 3.8) is 0 Å². The van der Waals surface area contributed by atoms with E-state index in [0.29, 0.717) is 18.8 Å². The first-order valence-corrected chi connectivity index (χ1v) is 8.72. The molecule has 1 aromatic heterocycles. The van der Waals surface area contributed by atoms with Crippen molar-refractivity contribution < 1.29 is 23.5 Å². The lowest BCUT2D eigenvalue weighted by atomic mass is 9.81. The van der Waals surface area contributed by atoms with Crippen molar-refractivity contribution in [2.75, 3.05) is 25.1 Å². The van der Waals surface area contributed by atoms with Crippen LogP contribution in [0.4, 0.5) is 14.9 Å². The van der Waals surface area contributed by atoms with E-state index in [0.717, 1.165) is 12.8 Å². The quantitative estimate of drug-likeness (QED) is 0.593. The number of nitrogens with zero attached hydrogens (tertiary/aromatic N) is 3. The summed E-state index contributed by atoms with van der Waals surface area (Å²) in [4.78, 5) is 31.3. The molecule has 0 bridgehead atoms. The summed E-state index contributed by atoms with van der Waals surface area (Å²) in [6.07, 6.45) is 1.39. The molecule has 0 radical (unpaired) electrons. The van der Waals surface area contributed by atoms with E-state index in [2.05, 4.69) is 9.72 Å². The predicted octanol–water partition coefficient (Wildman–Crippen LogP) is 2.60. The van der Waals surface area contributed by atoms with Gasteiger partial charge in [-0.05, 0) is 45.7 Å². The summed E-state index contributed by atoms with van der Waals surface area (Å²) in [6, 6.07) is 3.03. The van der Waals surface area contributed by atoms with Crippen molar-refractivity contribution in [2.24, 2.45) is 0 Å². The highest BCUT2D eigenvalue weighted by atomic mass is 19.1. The summed E-state index contributed by atoms with van der Waals surface area (Å²) in [5.41, 5.74) is -0.268. The number of carbonyl (C=O) groups is 2. The van der Waals surface area contributed by atoms with E-state index in [9.17, 15) is 14.0 Å². The number of anilines is 1. The zero-order chi connectivity index (χ0) is 19.1. The summed E-state index contributed by atoms with van der Waals surface area (Å²) in [5.74, 6) is -1.38. The van der Waals surface area contributed by atoms with Gasteiger partial charge in [-0.1, -0.05) is 0 Å². The second-order valence-corrected chi connectivity index (χ2v) is 7.58. The molecule has 2 aliphatic rings. The molecule has 1 saturated carbocycles. The lowest BCUT2D eigenvalue weighted by Gasteiger charge is -2.54. The lowest BCUT2D eigenvalue weighted by Crippen LogP contribution is -2.66. The number of hydrogen-bond acceptors (Lipinski definition) is 6. The Bertz CT molecular complexity index is 719. The molecule has 1 saturated heterocycles. The molecular formula is C18H24FN3O4. The highest BCUT2D eigenvalue weighted by Gasteiger charge is 2.46. The van der Waals surface area contributed by atoms with Crippen LogP contribution in [0.3, 0.4) is 0 Å². The van der Waals surface area contributed by atoms with E-state index >= 15 is 0 Å². The third-order valence-corrected chi connectivity index (χ3v) is 4.75. The van der Waals surface area contributed by atoms with Crippen LogP contribution in [0, 0.1) is 5.95 Å². The van der Waals surface area contributed by atoms with Gasteiger partial charge in [0.15, 0.2) is 5.69 Å². The number of aromatic nitrogens is 1. The number of amides is 1. The molecule has 1 aliphatic carbocycles. The van der Waals surface area contributed by atoms with E-state index < -0.39 is 17.5 Å². The lowest BCUT2D eigenvalue weighted by molar-refractivity contribution is -0.00455. The van der Waals surface area contributed by atoms with Crippen LogP contribution in [0.2, 0.25) is 0 Å². The van der Waals surface area contributed by atoms with Gasteiger partial charge in [-0.3, -0.25) is 0 Å². The van der Waals surface area contributed by atoms with E-state index in [1.54, 1.807) is 11.0 Å². The van der Waals surface area contributed by atoms with Crippen LogP contribution in [-0.2, 0) is 9.47 Å². The molecular weight excluding hydrogens is 341 g/mol. The predicted molar refractivity (Wildman–Crippen MR) is 92.6 cm³/mol. The average molecular weight is 365 g/mol. The van der Waals surface area contributed by atoms with Crippen LogP contribution in [0.5, 0.6) is 0 Å². The summed E-state index contributed by atoms with van der Waals surface area (Å²) in [6.45, 7) is 6.45. The maximum atomic E-state index is 14.5. The van der Waals surface area contributed by atoms with Gasteiger partial charge in [-0.2, -0.15) is 4.39 Å². The average Bonchev–Trinajstić information content (AvgIpc) is 2.53. The van der Waals surface area contributed by atoms with E-state index in [1.165, 1.54) is 13.2 Å². The second-order valence-electron chi connectivity index (χ2n) is 7.58. The summed E-state index contributed by atoms with van der Waals surface area (Å²) in [7, 11) is 1.23. The second kappa shape index (κ2) is 6.74. The van der Waals surface area contributed by atoms with Gasteiger partial charge in [-0.15, -0.1) is 0 Å². The normalized spacial score (nSPS) is 22.3. The molecule has 3 rings (SSSR count). The van der Waals surface area contributed by atoms with E-state index in [4.69, 9.17) is 4.74 Å². The first kappa shape index (κ1) is 18.4. The molecule has 142 valence electrons. The fraction of sp³-hybridized carbons (Fsp3) is 0.611. The van der Waals surface area contributed by atoms with Crippen LogP contribution in [0.15, 0.2) is 12.1 Å². The van der Waals surface area contributed by atoms with Crippen molar-refractivity contribution in [2.45, 2.75) is 51.3 Å². The number of methoxy groups -OCH3 is 1. The molecule has 1 aromatic rings. The Morgan fingerprint density at radius 1 is 1.19 bits per heavy atom. The Balaban J connectivity index is 1.75. The number of carbonyl (C=O) groups excluding carboxylic acids is 2. The molecule has 1 amide bonds. The third-order valence-electron chi connectivity index (χ3n) is 4.75. The van der Waals surface area contributed by atoms with Gasteiger partial charge in [0.1, 0.15) is 5.60 Å². The molecule has 1 aliphatic heterocycles. The Labute approximate surface area is 152 Å². The van der Waals surface area contributed by atoms with Crippen molar-refractivity contribution >= 4 is 17.7 Å². The van der Waals surface area contributed by atoms with Gasteiger partial charge in [0.25, 0.3) is 0 Å². The molecule has 0 unspecified atom stereocenters. The van der Waals surface area contributed by atoms with Crippen molar-refractivity contribution in [1.82, 2.24) is 9.88 Å². The van der Waals surface area contributed by atoms with Gasteiger partial charge in [0.2, 0.25) is 5.95 Å². The largest absolute Gasteiger partial charge is 0.464 e. The zero-order valence-electron chi connectivity index (χ0n) is 15.5. The van der Waals surface area contributed by atoms with Crippen LogP contribution in [-0.4, -0.2) is 59.8 Å². The number of piperazine rings is 1. The Morgan fingerprint density at radius 3 is 2.42 bits per heavy atom. The SMILES string of the molecule is COC(=O)c1ccc(N2CCN(C(=O)OC(C)(C)C)[C@@H]3CC[C@@H]32)c(F)n1. The number of hydrogen-bond donors (Lipinski definition) is 0. The van der Waals surface area contributed by atoms with Crippen LogP contribution >= 0.6 is 0 Å². The maximum Gasteiger partial charge on any atom is 0.410 e. The maximum absolute atomic E-state index is 14.5. The number of fused-ring (bicyclic) bond motifs is 1. The Kier molecular flexibility index (Phi) is 4.77. The molecule has 0 spiro atoms. The molecule has 2 atom stereocenters. The first-order valence-electron chi connectivity index (χ1n) is 8.72. The van der Waals surface area contributed by atoms with E-state index in [1.807, 2.05) is 25.7 Å². The first-order chi connectivity index (χ1) is 12.2.